The van der Waals surface area contributed by atoms with Crippen LogP contribution in [-0.4, -0.2) is 11.1 Å². The van der Waals surface area contributed by atoms with Gasteiger partial charge in [0.1, 0.15) is 0 Å². The second-order valence-corrected chi connectivity index (χ2v) is 10.1. The number of benzene rings is 5. The predicted octanol–water partition coefficient (Wildman–Crippen LogP) is 8.62. The number of fused-ring (bicyclic) bond motifs is 4. The molecule has 0 spiro atoms. The maximum Gasteiger partial charge on any atom is 0.335 e. The van der Waals surface area contributed by atoms with E-state index < -0.39 is 5.97 Å². The Morgan fingerprint density at radius 1 is 0.694 bits per heavy atom. The maximum absolute atomic E-state index is 11.5. The van der Waals surface area contributed by atoms with E-state index in [4.69, 9.17) is 0 Å². The number of aryl methyl sites for hydroxylation is 1. The van der Waals surface area contributed by atoms with Gasteiger partial charge in [-0.2, -0.15) is 0 Å². The SMILES string of the molecule is Cc1cc(N(c2ccc(C(=O)O)cc2)c2ccc3c(c2)C(C)(C)c2ccccc2-3)cc2ccccc12. The van der Waals surface area contributed by atoms with E-state index in [0.29, 0.717) is 0 Å². The summed E-state index contributed by atoms with van der Waals surface area (Å²) in [5.41, 5.74) is 9.58. The number of anilines is 3. The van der Waals surface area contributed by atoms with Crippen LogP contribution >= 0.6 is 0 Å². The summed E-state index contributed by atoms with van der Waals surface area (Å²) in [6, 6.07) is 35.3. The maximum atomic E-state index is 11.5. The molecule has 1 aliphatic carbocycles. The highest BCUT2D eigenvalue weighted by Gasteiger charge is 2.35. The molecule has 0 heterocycles. The molecular weight excluding hydrogens is 442 g/mol. The molecule has 0 radical (unpaired) electrons. The molecule has 1 aliphatic rings. The Kier molecular flexibility index (Phi) is 4.97. The third-order valence-corrected chi connectivity index (χ3v) is 7.51. The van der Waals surface area contributed by atoms with E-state index in [1.165, 1.54) is 38.6 Å². The number of carboxylic acid groups (broad SMARTS) is 1. The van der Waals surface area contributed by atoms with Crippen molar-refractivity contribution in [3.63, 3.8) is 0 Å². The molecule has 0 aromatic heterocycles. The van der Waals surface area contributed by atoms with Crippen LogP contribution in [-0.2, 0) is 5.41 Å². The molecule has 5 aromatic rings. The minimum atomic E-state index is -0.924. The molecular formula is C33H27NO2. The molecule has 0 amide bonds. The van der Waals surface area contributed by atoms with Crippen LogP contribution in [0.5, 0.6) is 0 Å². The van der Waals surface area contributed by atoms with Gasteiger partial charge in [0.15, 0.2) is 0 Å². The summed E-state index contributed by atoms with van der Waals surface area (Å²) in [6.45, 7) is 6.71. The Balaban J connectivity index is 1.56. The van der Waals surface area contributed by atoms with Gasteiger partial charge in [-0.1, -0.05) is 68.4 Å². The molecule has 3 heteroatoms. The zero-order chi connectivity index (χ0) is 25.0. The lowest BCUT2D eigenvalue weighted by molar-refractivity contribution is 0.0697. The number of rotatable bonds is 4. The van der Waals surface area contributed by atoms with E-state index in [0.717, 1.165) is 17.1 Å². The number of hydrogen-bond donors (Lipinski definition) is 1. The lowest BCUT2D eigenvalue weighted by atomic mass is 9.82. The number of hydrogen-bond acceptors (Lipinski definition) is 2. The number of nitrogens with zero attached hydrogens (tertiary/aromatic N) is 1. The van der Waals surface area contributed by atoms with Crippen molar-refractivity contribution in [3.8, 4) is 11.1 Å². The van der Waals surface area contributed by atoms with Gasteiger partial charge in [0.2, 0.25) is 0 Å². The van der Waals surface area contributed by atoms with Crippen molar-refractivity contribution < 1.29 is 9.90 Å². The summed E-state index contributed by atoms with van der Waals surface area (Å²) in [5.74, 6) is -0.924. The van der Waals surface area contributed by atoms with Gasteiger partial charge >= 0.3 is 5.97 Å². The molecule has 0 saturated carbocycles. The zero-order valence-corrected chi connectivity index (χ0v) is 20.6. The molecule has 3 nitrogen and oxygen atoms in total. The largest absolute Gasteiger partial charge is 0.478 e. The second-order valence-electron chi connectivity index (χ2n) is 10.1. The van der Waals surface area contributed by atoms with Crippen molar-refractivity contribution in [2.45, 2.75) is 26.2 Å². The van der Waals surface area contributed by atoms with Crippen molar-refractivity contribution in [2.75, 3.05) is 4.90 Å². The molecule has 36 heavy (non-hydrogen) atoms. The predicted molar refractivity (Wildman–Crippen MR) is 148 cm³/mol. The first kappa shape index (κ1) is 22.1. The Bertz CT molecular complexity index is 1650. The lowest BCUT2D eigenvalue weighted by Gasteiger charge is -2.29. The summed E-state index contributed by atoms with van der Waals surface area (Å²) < 4.78 is 0. The quantitative estimate of drug-likeness (QED) is 0.286. The van der Waals surface area contributed by atoms with Crippen molar-refractivity contribution in [1.82, 2.24) is 0 Å². The highest BCUT2D eigenvalue weighted by Crippen LogP contribution is 2.50. The van der Waals surface area contributed by atoms with E-state index >= 15 is 0 Å². The average molecular weight is 470 g/mol. The molecule has 0 unspecified atom stereocenters. The summed E-state index contributed by atoms with van der Waals surface area (Å²) in [5, 5.41) is 11.8. The van der Waals surface area contributed by atoms with Crippen molar-refractivity contribution >= 4 is 33.8 Å². The fraction of sp³-hybridized carbons (Fsp3) is 0.121. The van der Waals surface area contributed by atoms with Crippen molar-refractivity contribution in [2.24, 2.45) is 0 Å². The van der Waals surface area contributed by atoms with Crippen LogP contribution in [0, 0.1) is 6.92 Å². The fourth-order valence-electron chi connectivity index (χ4n) is 5.64. The third-order valence-electron chi connectivity index (χ3n) is 7.51. The molecule has 0 saturated heterocycles. The molecule has 176 valence electrons. The van der Waals surface area contributed by atoms with Gasteiger partial charge in [0.05, 0.1) is 5.56 Å². The van der Waals surface area contributed by atoms with E-state index in [1.807, 2.05) is 12.1 Å². The normalized spacial score (nSPS) is 13.3. The van der Waals surface area contributed by atoms with Crippen LogP contribution in [0.25, 0.3) is 21.9 Å². The molecule has 0 bridgehead atoms. The molecule has 0 aliphatic heterocycles. The van der Waals surface area contributed by atoms with Gasteiger partial charge in [-0.15, -0.1) is 0 Å². The van der Waals surface area contributed by atoms with Crippen LogP contribution in [0.3, 0.4) is 0 Å². The van der Waals surface area contributed by atoms with Crippen LogP contribution in [0.1, 0.15) is 40.9 Å². The van der Waals surface area contributed by atoms with Crippen LogP contribution < -0.4 is 4.90 Å². The fourth-order valence-corrected chi connectivity index (χ4v) is 5.64. The number of aromatic carboxylic acids is 1. The van der Waals surface area contributed by atoms with E-state index in [2.05, 4.69) is 105 Å². The number of carbonyl (C=O) groups is 1. The first-order chi connectivity index (χ1) is 17.3. The van der Waals surface area contributed by atoms with Crippen LogP contribution in [0.4, 0.5) is 17.1 Å². The standard InChI is InChI=1S/C33H27NO2/c1-21-18-26(19-23-8-4-5-9-27(21)23)34(24-14-12-22(13-15-24)32(35)36)25-16-17-29-28-10-6-7-11-30(28)33(2,3)31(29)20-25/h4-20H,1-3H3,(H,35,36). The second kappa shape index (κ2) is 8.10. The van der Waals surface area contributed by atoms with Gasteiger partial charge in [0.25, 0.3) is 0 Å². The third kappa shape index (κ3) is 3.39. The van der Waals surface area contributed by atoms with Crippen LogP contribution in [0.15, 0.2) is 103 Å². The van der Waals surface area contributed by atoms with Gasteiger partial charge in [-0.25, -0.2) is 4.79 Å². The highest BCUT2D eigenvalue weighted by molar-refractivity contribution is 5.93. The van der Waals surface area contributed by atoms with E-state index in [9.17, 15) is 9.90 Å². The Morgan fingerprint density at radius 3 is 2.14 bits per heavy atom. The van der Waals surface area contributed by atoms with Gasteiger partial charge in [-0.05, 0) is 94.0 Å². The average Bonchev–Trinajstić information content (AvgIpc) is 3.11. The Hall–Kier alpha value is -4.37. The summed E-state index contributed by atoms with van der Waals surface area (Å²) in [4.78, 5) is 13.7. The van der Waals surface area contributed by atoms with E-state index in [-0.39, 0.29) is 11.0 Å². The van der Waals surface area contributed by atoms with Crippen LogP contribution in [0.2, 0.25) is 0 Å². The van der Waals surface area contributed by atoms with Gasteiger partial charge in [0, 0.05) is 22.5 Å². The Labute approximate surface area is 211 Å². The van der Waals surface area contributed by atoms with Crippen molar-refractivity contribution in [1.29, 1.82) is 0 Å². The topological polar surface area (TPSA) is 40.5 Å². The molecule has 5 aromatic carbocycles. The summed E-state index contributed by atoms with van der Waals surface area (Å²) >= 11 is 0. The minimum Gasteiger partial charge on any atom is -0.478 e. The highest BCUT2D eigenvalue weighted by atomic mass is 16.4. The molecule has 0 atom stereocenters. The Morgan fingerprint density at radius 2 is 1.36 bits per heavy atom. The monoisotopic (exact) mass is 469 g/mol. The van der Waals surface area contributed by atoms with Crippen molar-refractivity contribution in [3.05, 3.63) is 125 Å². The lowest BCUT2D eigenvalue weighted by Crippen LogP contribution is -2.16. The zero-order valence-electron chi connectivity index (χ0n) is 20.6. The van der Waals surface area contributed by atoms with Gasteiger partial charge < -0.3 is 10.0 Å². The first-order valence-corrected chi connectivity index (χ1v) is 12.2. The summed E-state index contributed by atoms with van der Waals surface area (Å²) in [7, 11) is 0. The van der Waals surface area contributed by atoms with Gasteiger partial charge in [-0.3, -0.25) is 0 Å². The smallest absolute Gasteiger partial charge is 0.335 e. The molecule has 6 rings (SSSR count). The van der Waals surface area contributed by atoms with E-state index in [1.54, 1.807) is 12.1 Å². The number of carboxylic acids is 1. The summed E-state index contributed by atoms with van der Waals surface area (Å²) in [6.07, 6.45) is 0. The minimum absolute atomic E-state index is 0.111. The molecule has 1 N–H and O–H groups in total. The molecule has 0 fully saturated rings. The first-order valence-electron chi connectivity index (χ1n) is 12.2.